The highest BCUT2D eigenvalue weighted by Gasteiger charge is 2.39. The number of amidine groups is 1. The van der Waals surface area contributed by atoms with Crippen LogP contribution in [0.1, 0.15) is 12.5 Å². The Hall–Kier alpha value is -2.52. The number of ether oxygens (including phenoxy) is 1. The molecule has 10 heteroatoms. The minimum atomic E-state index is -4.65. The molecular formula is C10H10F3N3O4. The number of alkyl halides is 3. The van der Waals surface area contributed by atoms with Crippen LogP contribution in [-0.2, 0) is 0 Å². The van der Waals surface area contributed by atoms with E-state index >= 15 is 0 Å². The molecule has 1 aromatic rings. The van der Waals surface area contributed by atoms with E-state index in [0.717, 1.165) is 25.1 Å². The second-order valence-corrected chi connectivity index (χ2v) is 3.73. The maximum absolute atomic E-state index is 12.4. The highest BCUT2D eigenvalue weighted by atomic mass is 19.4. The van der Waals surface area contributed by atoms with Gasteiger partial charge in [-0.2, -0.15) is 13.2 Å². The third-order valence-corrected chi connectivity index (χ3v) is 2.32. The maximum Gasteiger partial charge on any atom is 0.425 e. The zero-order chi connectivity index (χ0) is 15.5. The fourth-order valence-electron chi connectivity index (χ4n) is 1.23. The Labute approximate surface area is 110 Å². The molecule has 0 amide bonds. The fourth-order valence-corrected chi connectivity index (χ4v) is 1.23. The summed E-state index contributed by atoms with van der Waals surface area (Å²) in [5.41, 5.74) is 4.50. The van der Waals surface area contributed by atoms with Gasteiger partial charge in [-0.25, -0.2) is 0 Å². The van der Waals surface area contributed by atoms with Crippen LogP contribution in [0, 0.1) is 10.1 Å². The fraction of sp³-hybridized carbons (Fsp3) is 0.300. The Morgan fingerprint density at radius 3 is 2.60 bits per heavy atom. The quantitative estimate of drug-likeness (QED) is 0.290. The lowest BCUT2D eigenvalue weighted by molar-refractivity contribution is -0.386. The Kier molecular flexibility index (Phi) is 4.38. The summed E-state index contributed by atoms with van der Waals surface area (Å²) in [6.45, 7) is 0.723. The van der Waals surface area contributed by atoms with E-state index in [4.69, 9.17) is 10.9 Å². The molecule has 0 aromatic heterocycles. The van der Waals surface area contributed by atoms with Gasteiger partial charge in [0.2, 0.25) is 0 Å². The van der Waals surface area contributed by atoms with E-state index < -0.39 is 34.5 Å². The number of oxime groups is 1. The molecule has 110 valence electrons. The summed E-state index contributed by atoms with van der Waals surface area (Å²) in [7, 11) is 0. The monoisotopic (exact) mass is 293 g/mol. The van der Waals surface area contributed by atoms with Gasteiger partial charge in [0.1, 0.15) is 0 Å². The zero-order valence-corrected chi connectivity index (χ0v) is 10.1. The summed E-state index contributed by atoms with van der Waals surface area (Å²) in [6, 6.07) is 2.95. The van der Waals surface area contributed by atoms with E-state index in [9.17, 15) is 23.3 Å². The lowest BCUT2D eigenvalue weighted by Crippen LogP contribution is -2.31. The Bertz CT molecular complexity index is 545. The first kappa shape index (κ1) is 15.5. The topological polar surface area (TPSA) is 111 Å². The molecule has 1 atom stereocenters. The standard InChI is InChI=1S/C10H10F3N3O4/c1-5(10(11,12)13)20-8-3-2-6(9(14)15-17)4-7(8)16(18)19/h2-5,17H,1H3,(H2,14,15). The SMILES string of the molecule is CC(Oc1ccc(C(N)=NO)cc1[N+](=O)[O-])C(F)(F)F. The maximum atomic E-state index is 12.4. The Morgan fingerprint density at radius 1 is 1.55 bits per heavy atom. The number of hydrogen-bond acceptors (Lipinski definition) is 5. The van der Waals surface area contributed by atoms with E-state index in [1.54, 1.807) is 0 Å². The smallest absolute Gasteiger partial charge is 0.425 e. The van der Waals surface area contributed by atoms with Crippen LogP contribution in [0.25, 0.3) is 0 Å². The van der Waals surface area contributed by atoms with Gasteiger partial charge in [0.15, 0.2) is 17.7 Å². The van der Waals surface area contributed by atoms with Crippen molar-refractivity contribution in [1.82, 2.24) is 0 Å². The van der Waals surface area contributed by atoms with Gasteiger partial charge in [0, 0.05) is 11.6 Å². The average Bonchev–Trinajstić information content (AvgIpc) is 2.36. The predicted octanol–water partition coefficient (Wildman–Crippen LogP) is 2.02. The van der Waals surface area contributed by atoms with Crippen LogP contribution in [0.5, 0.6) is 5.75 Å². The number of halogens is 3. The van der Waals surface area contributed by atoms with Crippen molar-refractivity contribution < 1.29 is 28.0 Å². The van der Waals surface area contributed by atoms with Crippen LogP contribution in [0.4, 0.5) is 18.9 Å². The molecule has 0 spiro atoms. The van der Waals surface area contributed by atoms with Gasteiger partial charge in [0.25, 0.3) is 0 Å². The van der Waals surface area contributed by atoms with Crippen molar-refractivity contribution in [2.75, 3.05) is 0 Å². The molecule has 0 aliphatic carbocycles. The molecule has 1 unspecified atom stereocenters. The number of nitrogens with two attached hydrogens (primary N) is 1. The van der Waals surface area contributed by atoms with Crippen molar-refractivity contribution >= 4 is 11.5 Å². The second-order valence-electron chi connectivity index (χ2n) is 3.73. The van der Waals surface area contributed by atoms with Crippen LogP contribution < -0.4 is 10.5 Å². The van der Waals surface area contributed by atoms with E-state index in [2.05, 4.69) is 9.89 Å². The second kappa shape index (κ2) is 5.63. The van der Waals surface area contributed by atoms with E-state index in [0.29, 0.717) is 0 Å². The largest absolute Gasteiger partial charge is 0.474 e. The molecule has 0 aliphatic rings. The van der Waals surface area contributed by atoms with Crippen molar-refractivity contribution in [3.63, 3.8) is 0 Å². The summed E-state index contributed by atoms with van der Waals surface area (Å²) in [4.78, 5) is 9.89. The molecule has 3 N–H and O–H groups in total. The van der Waals surface area contributed by atoms with Crippen molar-refractivity contribution in [3.8, 4) is 5.75 Å². The minimum Gasteiger partial charge on any atom is -0.474 e. The number of nitro benzene ring substituents is 1. The summed E-state index contributed by atoms with van der Waals surface area (Å²) >= 11 is 0. The zero-order valence-electron chi connectivity index (χ0n) is 10.1. The highest BCUT2D eigenvalue weighted by Crippen LogP contribution is 2.32. The predicted molar refractivity (Wildman–Crippen MR) is 61.8 cm³/mol. The number of nitro groups is 1. The molecule has 0 heterocycles. The minimum absolute atomic E-state index is 0.0220. The normalized spacial score (nSPS) is 13.9. The highest BCUT2D eigenvalue weighted by molar-refractivity contribution is 5.97. The van der Waals surface area contributed by atoms with Gasteiger partial charge >= 0.3 is 11.9 Å². The number of benzene rings is 1. The molecule has 1 aromatic carbocycles. The van der Waals surface area contributed by atoms with Crippen LogP contribution in [0.3, 0.4) is 0 Å². The lowest BCUT2D eigenvalue weighted by Gasteiger charge is -2.17. The van der Waals surface area contributed by atoms with Crippen molar-refractivity contribution in [3.05, 3.63) is 33.9 Å². The molecule has 0 bridgehead atoms. The van der Waals surface area contributed by atoms with E-state index in [1.807, 2.05) is 0 Å². The molecule has 0 fully saturated rings. The number of nitrogens with zero attached hydrogens (tertiary/aromatic N) is 2. The van der Waals surface area contributed by atoms with E-state index in [-0.39, 0.29) is 5.56 Å². The number of rotatable bonds is 4. The molecular weight excluding hydrogens is 283 g/mol. The van der Waals surface area contributed by atoms with Gasteiger partial charge in [-0.1, -0.05) is 5.16 Å². The Balaban J connectivity index is 3.18. The first-order valence-corrected chi connectivity index (χ1v) is 5.16. The van der Waals surface area contributed by atoms with Crippen molar-refractivity contribution in [2.45, 2.75) is 19.2 Å². The summed E-state index contributed by atoms with van der Waals surface area (Å²) in [6.07, 6.45) is -6.87. The summed E-state index contributed by atoms with van der Waals surface area (Å²) in [5, 5.41) is 21.9. The molecule has 0 saturated carbocycles. The Morgan fingerprint density at radius 2 is 2.15 bits per heavy atom. The van der Waals surface area contributed by atoms with Crippen LogP contribution >= 0.6 is 0 Å². The molecule has 7 nitrogen and oxygen atoms in total. The van der Waals surface area contributed by atoms with Gasteiger partial charge in [-0.3, -0.25) is 10.1 Å². The van der Waals surface area contributed by atoms with E-state index in [1.165, 1.54) is 0 Å². The summed E-state index contributed by atoms with van der Waals surface area (Å²) in [5.74, 6) is -0.974. The lowest BCUT2D eigenvalue weighted by atomic mass is 10.1. The van der Waals surface area contributed by atoms with Gasteiger partial charge in [-0.05, 0) is 19.1 Å². The first-order chi connectivity index (χ1) is 9.16. The molecule has 0 radical (unpaired) electrons. The first-order valence-electron chi connectivity index (χ1n) is 5.16. The van der Waals surface area contributed by atoms with Crippen LogP contribution in [-0.4, -0.2) is 28.2 Å². The molecule has 1 rings (SSSR count). The van der Waals surface area contributed by atoms with Gasteiger partial charge in [0.05, 0.1) is 4.92 Å². The van der Waals surface area contributed by atoms with Crippen molar-refractivity contribution in [1.29, 1.82) is 0 Å². The summed E-state index contributed by atoms with van der Waals surface area (Å²) < 4.78 is 41.6. The third-order valence-electron chi connectivity index (χ3n) is 2.32. The number of hydrogen-bond donors (Lipinski definition) is 2. The molecule has 0 saturated heterocycles. The molecule has 0 aliphatic heterocycles. The molecule has 20 heavy (non-hydrogen) atoms. The van der Waals surface area contributed by atoms with Crippen LogP contribution in [0.2, 0.25) is 0 Å². The van der Waals surface area contributed by atoms with Crippen LogP contribution in [0.15, 0.2) is 23.4 Å². The van der Waals surface area contributed by atoms with Crippen molar-refractivity contribution in [2.24, 2.45) is 10.9 Å². The average molecular weight is 293 g/mol. The third kappa shape index (κ3) is 3.49. The van der Waals surface area contributed by atoms with Gasteiger partial charge in [-0.15, -0.1) is 0 Å². The van der Waals surface area contributed by atoms with Gasteiger partial charge < -0.3 is 15.7 Å².